The number of anilines is 1. The Kier molecular flexibility index (Phi) is 5.51. The van der Waals surface area contributed by atoms with Gasteiger partial charge in [-0.3, -0.25) is 14.4 Å². The zero-order valence-electron chi connectivity index (χ0n) is 14.2. The summed E-state index contributed by atoms with van der Waals surface area (Å²) in [5, 5.41) is 11.6. The predicted molar refractivity (Wildman–Crippen MR) is 90.2 cm³/mol. The molecular formula is C18H21FN2O5. The van der Waals surface area contributed by atoms with Crippen molar-refractivity contribution >= 4 is 23.5 Å². The molecule has 0 saturated carbocycles. The number of nitrogens with zero attached hydrogens (tertiary/aromatic N) is 1. The monoisotopic (exact) mass is 364 g/mol. The van der Waals surface area contributed by atoms with Crippen LogP contribution in [0, 0.1) is 5.82 Å². The van der Waals surface area contributed by atoms with Crippen molar-refractivity contribution in [3.8, 4) is 0 Å². The highest BCUT2D eigenvalue weighted by atomic mass is 19.1. The highest BCUT2D eigenvalue weighted by Crippen LogP contribution is 2.34. The summed E-state index contributed by atoms with van der Waals surface area (Å²) in [6.45, 7) is 0.961. The molecule has 0 bridgehead atoms. The SMILES string of the molecule is O=C(O)CCN(C[C@@H]1CCCO1)C(=O)[C@@H]1CC(=O)Nc2cc(F)ccc21. The van der Waals surface area contributed by atoms with Gasteiger partial charge in [-0.15, -0.1) is 0 Å². The number of benzene rings is 1. The number of carboxylic acids is 1. The first kappa shape index (κ1) is 18.3. The first-order valence-corrected chi connectivity index (χ1v) is 8.65. The van der Waals surface area contributed by atoms with Crippen molar-refractivity contribution in [2.24, 2.45) is 0 Å². The summed E-state index contributed by atoms with van der Waals surface area (Å²) in [7, 11) is 0. The third-order valence-electron chi connectivity index (χ3n) is 4.71. The van der Waals surface area contributed by atoms with Crippen molar-refractivity contribution in [3.63, 3.8) is 0 Å². The number of aliphatic carboxylic acids is 1. The van der Waals surface area contributed by atoms with Gasteiger partial charge >= 0.3 is 5.97 Å². The number of carboxylic acid groups (broad SMARTS) is 1. The van der Waals surface area contributed by atoms with Crippen LogP contribution < -0.4 is 5.32 Å². The summed E-state index contributed by atoms with van der Waals surface area (Å²) >= 11 is 0. The second-order valence-electron chi connectivity index (χ2n) is 6.60. The third kappa shape index (κ3) is 4.19. The normalized spacial score (nSPS) is 21.8. The summed E-state index contributed by atoms with van der Waals surface area (Å²) in [6, 6.07) is 3.93. The number of hydrogen-bond acceptors (Lipinski definition) is 4. The van der Waals surface area contributed by atoms with E-state index in [1.54, 1.807) is 0 Å². The quantitative estimate of drug-likeness (QED) is 0.801. The van der Waals surface area contributed by atoms with E-state index in [9.17, 15) is 18.8 Å². The average molecular weight is 364 g/mol. The third-order valence-corrected chi connectivity index (χ3v) is 4.71. The first-order valence-electron chi connectivity index (χ1n) is 8.65. The topological polar surface area (TPSA) is 95.9 Å². The average Bonchev–Trinajstić information content (AvgIpc) is 3.09. The molecule has 3 rings (SSSR count). The molecule has 0 spiro atoms. The highest BCUT2D eigenvalue weighted by molar-refractivity contribution is 6.01. The van der Waals surface area contributed by atoms with E-state index in [-0.39, 0.29) is 43.0 Å². The van der Waals surface area contributed by atoms with Crippen LogP contribution in [-0.4, -0.2) is 53.6 Å². The van der Waals surface area contributed by atoms with E-state index in [0.717, 1.165) is 12.8 Å². The van der Waals surface area contributed by atoms with Gasteiger partial charge in [0.15, 0.2) is 0 Å². The lowest BCUT2D eigenvalue weighted by molar-refractivity contribution is -0.140. The molecule has 0 radical (unpaired) electrons. The van der Waals surface area contributed by atoms with Crippen molar-refractivity contribution < 1.29 is 28.6 Å². The van der Waals surface area contributed by atoms with Crippen LogP contribution in [0.5, 0.6) is 0 Å². The van der Waals surface area contributed by atoms with E-state index >= 15 is 0 Å². The lowest BCUT2D eigenvalue weighted by atomic mass is 9.89. The Morgan fingerprint density at radius 2 is 2.19 bits per heavy atom. The number of nitrogens with one attached hydrogen (secondary N) is 1. The molecule has 0 aliphatic carbocycles. The fourth-order valence-corrected chi connectivity index (χ4v) is 3.43. The number of rotatable bonds is 6. The van der Waals surface area contributed by atoms with Gasteiger partial charge in [-0.05, 0) is 30.5 Å². The van der Waals surface area contributed by atoms with Gasteiger partial charge in [0.05, 0.1) is 18.4 Å². The van der Waals surface area contributed by atoms with E-state index in [1.165, 1.54) is 23.1 Å². The van der Waals surface area contributed by atoms with Gasteiger partial charge in [-0.2, -0.15) is 0 Å². The van der Waals surface area contributed by atoms with Crippen LogP contribution in [-0.2, 0) is 19.1 Å². The molecular weight excluding hydrogens is 343 g/mol. The lowest BCUT2D eigenvalue weighted by Crippen LogP contribution is -2.43. The fraction of sp³-hybridized carbons (Fsp3) is 0.500. The summed E-state index contributed by atoms with van der Waals surface area (Å²) in [4.78, 5) is 37.5. The molecule has 2 amide bonds. The molecule has 1 fully saturated rings. The van der Waals surface area contributed by atoms with Crippen molar-refractivity contribution in [1.29, 1.82) is 0 Å². The maximum absolute atomic E-state index is 13.5. The molecule has 2 N–H and O–H groups in total. The van der Waals surface area contributed by atoms with Gasteiger partial charge in [-0.1, -0.05) is 6.07 Å². The van der Waals surface area contributed by atoms with Crippen LogP contribution in [0.2, 0.25) is 0 Å². The molecule has 7 nitrogen and oxygen atoms in total. The van der Waals surface area contributed by atoms with Gasteiger partial charge in [0.1, 0.15) is 5.82 Å². The summed E-state index contributed by atoms with van der Waals surface area (Å²) in [6.07, 6.45) is 1.35. The second kappa shape index (κ2) is 7.82. The zero-order chi connectivity index (χ0) is 18.7. The van der Waals surface area contributed by atoms with Gasteiger partial charge in [-0.25, -0.2) is 4.39 Å². The van der Waals surface area contributed by atoms with Gasteiger partial charge < -0.3 is 20.1 Å². The number of hydrogen-bond donors (Lipinski definition) is 2. The Morgan fingerprint density at radius 3 is 2.88 bits per heavy atom. The van der Waals surface area contributed by atoms with Crippen LogP contribution in [0.4, 0.5) is 10.1 Å². The minimum absolute atomic E-state index is 0.0443. The lowest BCUT2D eigenvalue weighted by Gasteiger charge is -2.31. The van der Waals surface area contributed by atoms with Crippen molar-refractivity contribution in [2.75, 3.05) is 25.0 Å². The highest BCUT2D eigenvalue weighted by Gasteiger charge is 2.35. The summed E-state index contributed by atoms with van der Waals surface area (Å²) < 4.78 is 19.0. The molecule has 8 heteroatoms. The number of amides is 2. The Hall–Kier alpha value is -2.48. The number of halogens is 1. The Morgan fingerprint density at radius 1 is 1.38 bits per heavy atom. The zero-order valence-corrected chi connectivity index (χ0v) is 14.2. The number of carbonyl (C=O) groups is 3. The molecule has 140 valence electrons. The standard InChI is InChI=1S/C18H21FN2O5/c19-11-3-4-13-14(9-16(22)20-15(13)8-11)18(25)21(6-5-17(23)24)10-12-2-1-7-26-12/h3-4,8,12,14H,1-2,5-7,9-10H2,(H,20,22)(H,23,24)/t12-,14+/m0/s1. The maximum Gasteiger partial charge on any atom is 0.305 e. The molecule has 0 unspecified atom stereocenters. The molecule has 2 atom stereocenters. The molecule has 2 aliphatic heterocycles. The molecule has 1 aromatic rings. The van der Waals surface area contributed by atoms with Gasteiger partial charge in [0.2, 0.25) is 11.8 Å². The van der Waals surface area contributed by atoms with Crippen LogP contribution in [0.3, 0.4) is 0 Å². The van der Waals surface area contributed by atoms with E-state index in [4.69, 9.17) is 9.84 Å². The smallest absolute Gasteiger partial charge is 0.305 e. The van der Waals surface area contributed by atoms with Gasteiger partial charge in [0.25, 0.3) is 0 Å². The van der Waals surface area contributed by atoms with Crippen LogP contribution in [0.1, 0.15) is 37.2 Å². The van der Waals surface area contributed by atoms with Gasteiger partial charge in [0, 0.05) is 31.8 Å². The Bertz CT molecular complexity index is 718. The molecule has 0 aromatic heterocycles. The Balaban J connectivity index is 1.82. The molecule has 2 aliphatic rings. The van der Waals surface area contributed by atoms with E-state index in [0.29, 0.717) is 18.7 Å². The summed E-state index contributed by atoms with van der Waals surface area (Å²) in [5.74, 6) is -2.95. The second-order valence-corrected chi connectivity index (χ2v) is 6.60. The fourth-order valence-electron chi connectivity index (χ4n) is 3.43. The van der Waals surface area contributed by atoms with E-state index in [2.05, 4.69) is 5.32 Å². The largest absolute Gasteiger partial charge is 0.481 e. The molecule has 26 heavy (non-hydrogen) atoms. The maximum atomic E-state index is 13.5. The number of carbonyl (C=O) groups excluding carboxylic acids is 2. The molecule has 1 aromatic carbocycles. The van der Waals surface area contributed by atoms with Crippen LogP contribution in [0.15, 0.2) is 18.2 Å². The molecule has 1 saturated heterocycles. The first-order chi connectivity index (χ1) is 12.4. The van der Waals surface area contributed by atoms with Crippen molar-refractivity contribution in [2.45, 2.75) is 37.7 Å². The predicted octanol–water partition coefficient (Wildman–Crippen LogP) is 1.73. The molecule has 2 heterocycles. The minimum Gasteiger partial charge on any atom is -0.481 e. The van der Waals surface area contributed by atoms with E-state index in [1.807, 2.05) is 0 Å². The van der Waals surface area contributed by atoms with Crippen LogP contribution >= 0.6 is 0 Å². The summed E-state index contributed by atoms with van der Waals surface area (Å²) in [5.41, 5.74) is 0.832. The van der Waals surface area contributed by atoms with Crippen molar-refractivity contribution in [1.82, 2.24) is 4.90 Å². The Labute approximate surface area is 150 Å². The number of ether oxygens (including phenoxy) is 1. The van der Waals surface area contributed by atoms with E-state index < -0.39 is 17.7 Å². The minimum atomic E-state index is -1.00. The van der Waals surface area contributed by atoms with Crippen molar-refractivity contribution in [3.05, 3.63) is 29.6 Å². The number of fused-ring (bicyclic) bond motifs is 1. The van der Waals surface area contributed by atoms with Crippen LogP contribution in [0.25, 0.3) is 0 Å².